The molecule has 8 nitrogen and oxygen atoms in total. The highest BCUT2D eigenvalue weighted by Crippen LogP contribution is 2.36. The van der Waals surface area contributed by atoms with Gasteiger partial charge >= 0.3 is 0 Å². The molecule has 0 unspecified atom stereocenters. The molecule has 29 heavy (non-hydrogen) atoms. The number of likely N-dealkylation sites (tertiary alicyclic amines) is 1. The van der Waals surface area contributed by atoms with E-state index < -0.39 is 40.6 Å². The van der Waals surface area contributed by atoms with Crippen molar-refractivity contribution in [2.45, 2.75) is 19.4 Å². The summed E-state index contributed by atoms with van der Waals surface area (Å²) < 4.78 is 14.2. The summed E-state index contributed by atoms with van der Waals surface area (Å²) in [5, 5.41) is 2.54. The number of pyridine rings is 1. The number of nitrogens with zero attached hydrogens (tertiary/aromatic N) is 1. The Bertz CT molecular complexity index is 1010. The van der Waals surface area contributed by atoms with E-state index in [0.717, 1.165) is 0 Å². The predicted octanol–water partition coefficient (Wildman–Crippen LogP) is 0.189. The molecule has 152 valence electrons. The Labute approximate surface area is 165 Å². The van der Waals surface area contributed by atoms with Crippen LogP contribution < -0.4 is 16.6 Å². The summed E-state index contributed by atoms with van der Waals surface area (Å²) in [6, 6.07) is 9.37. The second kappa shape index (κ2) is 7.86. The molecule has 1 aliphatic heterocycles. The van der Waals surface area contributed by atoms with Crippen LogP contribution in [-0.4, -0.2) is 46.7 Å². The summed E-state index contributed by atoms with van der Waals surface area (Å²) in [7, 11) is 0. The molecule has 9 heteroatoms. The second-order valence-corrected chi connectivity index (χ2v) is 7.24. The van der Waals surface area contributed by atoms with Gasteiger partial charge in [0, 0.05) is 19.2 Å². The minimum Gasteiger partial charge on any atom is -0.368 e. The number of hydrogen-bond acceptors (Lipinski definition) is 4. The molecule has 1 fully saturated rings. The van der Waals surface area contributed by atoms with Crippen molar-refractivity contribution < 1.29 is 18.8 Å². The van der Waals surface area contributed by atoms with Gasteiger partial charge in [0.25, 0.3) is 5.91 Å². The summed E-state index contributed by atoms with van der Waals surface area (Å²) in [6.45, 7) is 1.47. The number of nitrogens with one attached hydrogen (secondary N) is 2. The van der Waals surface area contributed by atoms with Crippen molar-refractivity contribution in [1.29, 1.82) is 0 Å². The van der Waals surface area contributed by atoms with E-state index in [2.05, 4.69) is 10.3 Å². The summed E-state index contributed by atoms with van der Waals surface area (Å²) in [4.78, 5) is 52.1. The third kappa shape index (κ3) is 4.18. The summed E-state index contributed by atoms with van der Waals surface area (Å²) in [5.74, 6) is -2.09. The average molecular weight is 400 g/mol. The standard InChI is InChI=1S/C20H21FN4O4/c1-12(17(22)27)23-19(29)20(9-13-5-2-3-6-14(13)21)10-25(11-20)18(28)15-7-4-8-16(26)24-15/h2-8,12H,9-11H2,1H3,(H2,22,27)(H,23,29)(H,24,26)/t12-/m0/s1. The quantitative estimate of drug-likeness (QED) is 0.640. The number of aromatic nitrogens is 1. The maximum atomic E-state index is 14.2. The van der Waals surface area contributed by atoms with Crippen LogP contribution in [0.25, 0.3) is 0 Å². The molecule has 0 saturated carbocycles. The van der Waals surface area contributed by atoms with Crippen molar-refractivity contribution in [2.75, 3.05) is 13.1 Å². The Kier molecular flexibility index (Phi) is 5.49. The smallest absolute Gasteiger partial charge is 0.270 e. The molecule has 2 aromatic rings. The molecule has 1 aliphatic rings. The number of nitrogens with two attached hydrogens (primary N) is 1. The van der Waals surface area contributed by atoms with Gasteiger partial charge in [-0.1, -0.05) is 24.3 Å². The van der Waals surface area contributed by atoms with Gasteiger partial charge in [-0.25, -0.2) is 4.39 Å². The zero-order valence-electron chi connectivity index (χ0n) is 15.8. The van der Waals surface area contributed by atoms with Gasteiger partial charge in [-0.05, 0) is 31.0 Å². The van der Waals surface area contributed by atoms with Gasteiger partial charge in [0.1, 0.15) is 17.6 Å². The van der Waals surface area contributed by atoms with Gasteiger partial charge in [-0.15, -0.1) is 0 Å². The minimum atomic E-state index is -1.11. The zero-order valence-corrected chi connectivity index (χ0v) is 15.8. The number of carbonyl (C=O) groups is 3. The van der Waals surface area contributed by atoms with E-state index in [4.69, 9.17) is 5.73 Å². The van der Waals surface area contributed by atoms with Crippen LogP contribution in [0.2, 0.25) is 0 Å². The van der Waals surface area contributed by atoms with E-state index in [1.165, 1.54) is 36.1 Å². The van der Waals surface area contributed by atoms with E-state index in [1.54, 1.807) is 18.2 Å². The Morgan fingerprint density at radius 3 is 2.52 bits per heavy atom. The Morgan fingerprint density at radius 1 is 1.21 bits per heavy atom. The largest absolute Gasteiger partial charge is 0.368 e. The molecule has 0 aliphatic carbocycles. The van der Waals surface area contributed by atoms with Crippen molar-refractivity contribution in [3.8, 4) is 0 Å². The fourth-order valence-corrected chi connectivity index (χ4v) is 3.33. The van der Waals surface area contributed by atoms with E-state index in [9.17, 15) is 23.6 Å². The molecular weight excluding hydrogens is 379 g/mol. The van der Waals surface area contributed by atoms with Crippen LogP contribution in [0.15, 0.2) is 47.3 Å². The Morgan fingerprint density at radius 2 is 1.90 bits per heavy atom. The molecular formula is C20H21FN4O4. The van der Waals surface area contributed by atoms with Crippen LogP contribution in [0.1, 0.15) is 23.0 Å². The lowest BCUT2D eigenvalue weighted by Crippen LogP contribution is -2.67. The topological polar surface area (TPSA) is 125 Å². The van der Waals surface area contributed by atoms with Crippen molar-refractivity contribution in [2.24, 2.45) is 11.1 Å². The molecule has 4 N–H and O–H groups in total. The van der Waals surface area contributed by atoms with Crippen molar-refractivity contribution in [1.82, 2.24) is 15.2 Å². The zero-order chi connectivity index (χ0) is 21.2. The van der Waals surface area contributed by atoms with Gasteiger partial charge in [-0.3, -0.25) is 19.2 Å². The number of rotatable bonds is 6. The number of carbonyl (C=O) groups excluding carboxylic acids is 3. The van der Waals surface area contributed by atoms with E-state index in [1.807, 2.05) is 0 Å². The maximum Gasteiger partial charge on any atom is 0.270 e. The first-order chi connectivity index (χ1) is 13.7. The maximum absolute atomic E-state index is 14.2. The summed E-state index contributed by atoms with van der Waals surface area (Å²) >= 11 is 0. The van der Waals surface area contributed by atoms with Gasteiger partial charge in [0.15, 0.2) is 0 Å². The Balaban J connectivity index is 1.83. The van der Waals surface area contributed by atoms with Crippen LogP contribution >= 0.6 is 0 Å². The fraction of sp³-hybridized carbons (Fsp3) is 0.300. The van der Waals surface area contributed by atoms with Crippen molar-refractivity contribution in [3.63, 3.8) is 0 Å². The first kappa shape index (κ1) is 20.2. The van der Waals surface area contributed by atoms with Crippen molar-refractivity contribution >= 4 is 17.7 Å². The van der Waals surface area contributed by atoms with Gasteiger partial charge in [-0.2, -0.15) is 0 Å². The van der Waals surface area contributed by atoms with Crippen LogP contribution in [0, 0.1) is 11.2 Å². The highest BCUT2D eigenvalue weighted by Gasteiger charge is 2.51. The van der Waals surface area contributed by atoms with Gasteiger partial charge in [0.05, 0.1) is 5.41 Å². The highest BCUT2D eigenvalue weighted by molar-refractivity contribution is 5.96. The van der Waals surface area contributed by atoms with Crippen LogP contribution in [0.4, 0.5) is 4.39 Å². The lowest BCUT2D eigenvalue weighted by atomic mass is 9.73. The van der Waals surface area contributed by atoms with Gasteiger partial charge in [0.2, 0.25) is 17.4 Å². The Hall–Kier alpha value is -3.49. The molecule has 1 atom stereocenters. The number of aromatic amines is 1. The van der Waals surface area contributed by atoms with Crippen LogP contribution in [-0.2, 0) is 16.0 Å². The lowest BCUT2D eigenvalue weighted by molar-refractivity contribution is -0.141. The van der Waals surface area contributed by atoms with Crippen LogP contribution in [0.5, 0.6) is 0 Å². The number of halogens is 1. The number of H-pyrrole nitrogens is 1. The molecule has 1 aromatic heterocycles. The lowest BCUT2D eigenvalue weighted by Gasteiger charge is -2.49. The van der Waals surface area contributed by atoms with E-state index in [-0.39, 0.29) is 25.2 Å². The molecule has 3 amide bonds. The molecule has 1 aromatic carbocycles. The summed E-state index contributed by atoms with van der Waals surface area (Å²) in [5.41, 5.74) is 4.12. The number of amides is 3. The monoisotopic (exact) mass is 400 g/mol. The van der Waals surface area contributed by atoms with Crippen LogP contribution in [0.3, 0.4) is 0 Å². The van der Waals surface area contributed by atoms with E-state index >= 15 is 0 Å². The molecule has 0 radical (unpaired) electrons. The molecule has 3 rings (SSSR count). The minimum absolute atomic E-state index is 0.00834. The molecule has 2 heterocycles. The fourth-order valence-electron chi connectivity index (χ4n) is 3.33. The summed E-state index contributed by atoms with van der Waals surface area (Å²) in [6.07, 6.45) is 0.0477. The number of primary amides is 1. The average Bonchev–Trinajstić information content (AvgIpc) is 2.65. The van der Waals surface area contributed by atoms with Gasteiger partial charge < -0.3 is 20.9 Å². The SMILES string of the molecule is C[C@H](NC(=O)C1(Cc2ccccc2F)CN(C(=O)c2cccc(=O)[nH]2)C1)C(N)=O. The van der Waals surface area contributed by atoms with E-state index in [0.29, 0.717) is 5.56 Å². The molecule has 1 saturated heterocycles. The number of hydrogen-bond donors (Lipinski definition) is 3. The first-order valence-corrected chi connectivity index (χ1v) is 9.04. The predicted molar refractivity (Wildman–Crippen MR) is 102 cm³/mol. The first-order valence-electron chi connectivity index (χ1n) is 9.04. The molecule has 0 spiro atoms. The molecule has 0 bridgehead atoms. The third-order valence-electron chi connectivity index (χ3n) is 5.02. The normalized spacial score (nSPS) is 15.9. The number of benzene rings is 1. The highest BCUT2D eigenvalue weighted by atomic mass is 19.1. The third-order valence-corrected chi connectivity index (χ3v) is 5.02. The second-order valence-electron chi connectivity index (χ2n) is 7.24. The van der Waals surface area contributed by atoms with Crippen molar-refractivity contribution in [3.05, 3.63) is 69.9 Å².